The van der Waals surface area contributed by atoms with E-state index in [0.717, 1.165) is 22.4 Å². The molecule has 13 heteroatoms. The zero-order valence-corrected chi connectivity index (χ0v) is 39.9. The highest BCUT2D eigenvalue weighted by Gasteiger charge is 2.55. The summed E-state index contributed by atoms with van der Waals surface area (Å²) in [7, 11) is -3.32. The number of hydrogen-bond acceptors (Lipinski definition) is 9. The molecular weight excluding hydrogens is 811 g/mol. The standard InChI is InChI=1S/C49H61N5O6Si2/c1-47(2,3)61(8,9)59-41-39(31-57-49(35-23-17-13-18-24-35,36-25-19-14-20-26-36)37-27-29-38(56-7)30-28-37)58-46(42(41)60-62(10,11)48(4,5)6)54-33-52-40-43(50-32-51-44(40)54)53-45(55)34-21-15-12-16-22-34/h12-30,32-33,39,41-42,46H,31H2,1-11H3,(H,50,51,53,55)/t39-,41-,42-,46-/m1/s1. The Balaban J connectivity index is 1.37. The van der Waals surface area contributed by atoms with Gasteiger partial charge in [0.2, 0.25) is 0 Å². The number of hydrogen-bond donors (Lipinski definition) is 1. The number of amides is 1. The molecule has 1 aliphatic rings. The van der Waals surface area contributed by atoms with Crippen LogP contribution >= 0.6 is 0 Å². The van der Waals surface area contributed by atoms with Crippen LogP contribution in [0.5, 0.6) is 5.75 Å². The van der Waals surface area contributed by atoms with Gasteiger partial charge in [0.25, 0.3) is 5.91 Å². The Morgan fingerprint density at radius 3 is 1.74 bits per heavy atom. The number of aromatic nitrogens is 4. The van der Waals surface area contributed by atoms with E-state index in [-0.39, 0.29) is 22.6 Å². The smallest absolute Gasteiger partial charge is 0.256 e. The highest BCUT2D eigenvalue weighted by Crippen LogP contribution is 2.48. The van der Waals surface area contributed by atoms with Crippen molar-refractivity contribution in [2.75, 3.05) is 19.0 Å². The van der Waals surface area contributed by atoms with Crippen LogP contribution in [0.2, 0.25) is 36.3 Å². The first-order chi connectivity index (χ1) is 29.4. The SMILES string of the molecule is COc1ccc(C(OC[C@H]2O[C@@H](n3cnc4c(NC(=O)c5ccccc5)ncnc43)[C@H](O[Si](C)(C)C(C)(C)C)[C@@H]2O[Si](C)(C)C(C)(C)C)(c2ccccc2)c2ccccc2)cc1. The molecule has 0 radical (unpaired) electrons. The molecule has 11 nitrogen and oxygen atoms in total. The van der Waals surface area contributed by atoms with Crippen molar-refractivity contribution < 1.29 is 27.9 Å². The number of anilines is 1. The van der Waals surface area contributed by atoms with E-state index in [1.165, 1.54) is 6.33 Å². The van der Waals surface area contributed by atoms with Crippen molar-refractivity contribution in [2.24, 2.45) is 0 Å². The van der Waals surface area contributed by atoms with Crippen LogP contribution in [0.4, 0.5) is 5.82 Å². The summed E-state index contributed by atoms with van der Waals surface area (Å²) in [5, 5.41) is 2.69. The molecule has 1 saturated heterocycles. The number of ether oxygens (including phenoxy) is 3. The van der Waals surface area contributed by atoms with Crippen molar-refractivity contribution in [3.05, 3.63) is 150 Å². The molecule has 3 heterocycles. The first-order valence-corrected chi connectivity index (χ1v) is 27.1. The molecule has 0 aliphatic carbocycles. The number of carbonyl (C=O) groups is 1. The van der Waals surface area contributed by atoms with E-state index in [4.69, 9.17) is 33.0 Å². The molecule has 1 fully saturated rings. The maximum Gasteiger partial charge on any atom is 0.256 e. The predicted octanol–water partition coefficient (Wildman–Crippen LogP) is 10.8. The fourth-order valence-electron chi connectivity index (χ4n) is 7.40. The fraction of sp³-hybridized carbons (Fsp3) is 0.388. The van der Waals surface area contributed by atoms with E-state index in [2.05, 4.69) is 114 Å². The molecule has 1 amide bonds. The highest BCUT2D eigenvalue weighted by molar-refractivity contribution is 6.74. The van der Waals surface area contributed by atoms with Gasteiger partial charge in [-0.15, -0.1) is 0 Å². The summed E-state index contributed by atoms with van der Waals surface area (Å²) in [6.45, 7) is 22.6. The number of benzene rings is 4. The molecule has 0 unspecified atom stereocenters. The van der Waals surface area contributed by atoms with Gasteiger partial charge in [0.05, 0.1) is 20.0 Å². The number of methoxy groups -OCH3 is 1. The molecule has 0 bridgehead atoms. The Bertz CT molecular complexity index is 2400. The Kier molecular flexibility index (Phi) is 12.8. The first-order valence-electron chi connectivity index (χ1n) is 21.3. The second-order valence-electron chi connectivity index (χ2n) is 19.1. The molecule has 0 spiro atoms. The molecule has 4 aromatic carbocycles. The average molecular weight is 872 g/mol. The Morgan fingerprint density at radius 2 is 1.21 bits per heavy atom. The molecule has 0 saturated carbocycles. The van der Waals surface area contributed by atoms with E-state index >= 15 is 0 Å². The van der Waals surface area contributed by atoms with Gasteiger partial charge in [-0.2, -0.15) is 0 Å². The topological polar surface area (TPSA) is 119 Å². The lowest BCUT2D eigenvalue weighted by atomic mass is 9.80. The number of carbonyl (C=O) groups excluding carboxylic acids is 1. The summed E-state index contributed by atoms with van der Waals surface area (Å²) in [5.74, 6) is 0.749. The van der Waals surface area contributed by atoms with Crippen LogP contribution in [-0.2, 0) is 23.9 Å². The molecular formula is C49H61N5O6Si2. The van der Waals surface area contributed by atoms with Crippen LogP contribution in [0, 0.1) is 0 Å². The van der Waals surface area contributed by atoms with Crippen molar-refractivity contribution in [2.45, 2.75) is 108 Å². The average Bonchev–Trinajstić information content (AvgIpc) is 3.82. The fourth-order valence-corrected chi connectivity index (χ4v) is 10.00. The van der Waals surface area contributed by atoms with Crippen molar-refractivity contribution >= 4 is 39.5 Å². The number of rotatable bonds is 14. The lowest BCUT2D eigenvalue weighted by Crippen LogP contribution is -2.54. The third kappa shape index (κ3) is 8.92. The second-order valence-corrected chi connectivity index (χ2v) is 28.6. The van der Waals surface area contributed by atoms with Crippen LogP contribution in [-0.4, -0.2) is 74.1 Å². The van der Waals surface area contributed by atoms with Gasteiger partial charge in [0.15, 0.2) is 39.8 Å². The van der Waals surface area contributed by atoms with Gasteiger partial charge in [0, 0.05) is 5.56 Å². The summed E-state index contributed by atoms with van der Waals surface area (Å²) in [6.07, 6.45) is 0.669. The number of nitrogens with zero attached hydrogens (tertiary/aromatic N) is 4. The lowest BCUT2D eigenvalue weighted by molar-refractivity contribution is -0.0928. The largest absolute Gasteiger partial charge is 0.497 e. The van der Waals surface area contributed by atoms with Gasteiger partial charge < -0.3 is 28.4 Å². The number of imidazole rings is 1. The molecule has 62 heavy (non-hydrogen) atoms. The lowest BCUT2D eigenvalue weighted by Gasteiger charge is -2.44. The van der Waals surface area contributed by atoms with Crippen molar-refractivity contribution in [1.29, 1.82) is 0 Å². The van der Waals surface area contributed by atoms with Crippen molar-refractivity contribution in [3.8, 4) is 5.75 Å². The van der Waals surface area contributed by atoms with Gasteiger partial charge in [-0.05, 0) is 77.2 Å². The Hall–Kier alpha value is -5.03. The summed E-state index contributed by atoms with van der Waals surface area (Å²) >= 11 is 0. The predicted molar refractivity (Wildman–Crippen MR) is 249 cm³/mol. The first kappa shape index (κ1) is 45.0. The zero-order chi connectivity index (χ0) is 44.5. The van der Waals surface area contributed by atoms with Crippen molar-refractivity contribution in [1.82, 2.24) is 19.5 Å². The summed E-state index contributed by atoms with van der Waals surface area (Å²) in [4.78, 5) is 27.3. The van der Waals surface area contributed by atoms with Crippen LogP contribution in [0.15, 0.2) is 128 Å². The van der Waals surface area contributed by atoms with E-state index < -0.39 is 46.8 Å². The summed E-state index contributed by atoms with van der Waals surface area (Å²) in [6, 6.07) is 37.7. The summed E-state index contributed by atoms with van der Waals surface area (Å²) < 4.78 is 37.3. The van der Waals surface area contributed by atoms with Gasteiger partial charge in [0.1, 0.15) is 36.0 Å². The van der Waals surface area contributed by atoms with Crippen LogP contribution in [0.3, 0.4) is 0 Å². The van der Waals surface area contributed by atoms with E-state index in [9.17, 15) is 4.79 Å². The van der Waals surface area contributed by atoms with Gasteiger partial charge >= 0.3 is 0 Å². The monoisotopic (exact) mass is 871 g/mol. The van der Waals surface area contributed by atoms with Crippen LogP contribution in [0.25, 0.3) is 11.2 Å². The van der Waals surface area contributed by atoms with Crippen LogP contribution in [0.1, 0.15) is 74.8 Å². The molecule has 6 aromatic rings. The second kappa shape index (κ2) is 17.6. The highest BCUT2D eigenvalue weighted by atomic mass is 28.4. The van der Waals surface area contributed by atoms with Gasteiger partial charge in [-0.25, -0.2) is 15.0 Å². The maximum absolute atomic E-state index is 13.3. The zero-order valence-electron chi connectivity index (χ0n) is 37.9. The summed E-state index contributed by atoms with van der Waals surface area (Å²) in [5.41, 5.74) is 3.24. The number of nitrogens with one attached hydrogen (secondary N) is 1. The third-order valence-electron chi connectivity index (χ3n) is 13.0. The van der Waals surface area contributed by atoms with Crippen molar-refractivity contribution in [3.63, 3.8) is 0 Å². The number of fused-ring (bicyclic) bond motifs is 1. The minimum atomic E-state index is -2.50. The molecule has 1 aliphatic heterocycles. The molecule has 7 rings (SSSR count). The normalized spacial score (nSPS) is 18.8. The van der Waals surface area contributed by atoms with E-state index in [0.29, 0.717) is 22.5 Å². The van der Waals surface area contributed by atoms with Crippen LogP contribution < -0.4 is 10.1 Å². The third-order valence-corrected chi connectivity index (χ3v) is 21.9. The molecule has 4 atom stereocenters. The maximum atomic E-state index is 13.3. The minimum Gasteiger partial charge on any atom is -0.497 e. The molecule has 326 valence electrons. The van der Waals surface area contributed by atoms with E-state index in [1.54, 1.807) is 25.6 Å². The van der Waals surface area contributed by atoms with Gasteiger partial charge in [-0.3, -0.25) is 9.36 Å². The van der Waals surface area contributed by atoms with Gasteiger partial charge in [-0.1, -0.05) is 133 Å². The van der Waals surface area contributed by atoms with E-state index in [1.807, 2.05) is 71.3 Å². The molecule has 2 aromatic heterocycles. The quantitative estimate of drug-likeness (QED) is 0.0843. The molecule has 1 N–H and O–H groups in total. The Labute approximate surface area is 368 Å². The Morgan fingerprint density at radius 1 is 0.694 bits per heavy atom. The minimum absolute atomic E-state index is 0.125.